The van der Waals surface area contributed by atoms with Crippen molar-refractivity contribution in [2.75, 3.05) is 12.4 Å². The minimum atomic E-state index is -4.79. The van der Waals surface area contributed by atoms with Gasteiger partial charge < -0.3 is 9.84 Å². The van der Waals surface area contributed by atoms with Gasteiger partial charge in [0, 0.05) is 17.5 Å². The van der Waals surface area contributed by atoms with Crippen molar-refractivity contribution < 1.29 is 31.6 Å². The van der Waals surface area contributed by atoms with Gasteiger partial charge in [-0.2, -0.15) is 30.0 Å². The molecule has 9 heteroatoms. The number of hydrogen-bond acceptors (Lipinski definition) is 5. The Balaban J connectivity index is 0.00000151. The molecule has 142 valence electrons. The van der Waals surface area contributed by atoms with E-state index in [2.05, 4.69) is 25.2 Å². The molecule has 1 aliphatic rings. The minimum absolute atomic E-state index is 0.107. The van der Waals surface area contributed by atoms with Gasteiger partial charge in [-0.05, 0) is 36.1 Å². The summed E-state index contributed by atoms with van der Waals surface area (Å²) < 4.78 is 67.0. The number of rotatable bonds is 5. The molecule has 0 bridgehead atoms. The van der Waals surface area contributed by atoms with E-state index in [1.54, 1.807) is 13.8 Å². The van der Waals surface area contributed by atoms with Crippen molar-refractivity contribution in [2.24, 2.45) is 0 Å². The van der Waals surface area contributed by atoms with Crippen LogP contribution in [0.2, 0.25) is 0 Å². The second-order valence-corrected chi connectivity index (χ2v) is 7.05. The number of hydrogen-bond donors (Lipinski definition) is 2. The zero-order valence-electron chi connectivity index (χ0n) is 13.8. The van der Waals surface area contributed by atoms with E-state index in [9.17, 15) is 22.7 Å². The molecular weight excluding hydrogens is 380 g/mol. The van der Waals surface area contributed by atoms with Crippen LogP contribution in [0.5, 0.6) is 5.75 Å². The summed E-state index contributed by atoms with van der Waals surface area (Å²) in [5.74, 6) is -0.182. The summed E-state index contributed by atoms with van der Waals surface area (Å²) >= 11 is 6.65. The molecule has 0 saturated heterocycles. The third kappa shape index (κ3) is 4.83. The maximum absolute atomic E-state index is 13.8. The number of halogens is 4. The van der Waals surface area contributed by atoms with Crippen LogP contribution in [0.4, 0.5) is 17.6 Å². The van der Waals surface area contributed by atoms with Crippen molar-refractivity contribution in [2.45, 2.75) is 50.3 Å². The Labute approximate surface area is 154 Å². The second kappa shape index (κ2) is 8.18. The lowest BCUT2D eigenvalue weighted by Crippen LogP contribution is -2.49. The van der Waals surface area contributed by atoms with Crippen LogP contribution in [-0.4, -0.2) is 33.5 Å². The van der Waals surface area contributed by atoms with E-state index in [1.807, 2.05) is 0 Å². The fourth-order valence-electron chi connectivity index (χ4n) is 3.11. The predicted octanol–water partition coefficient (Wildman–Crippen LogP) is 3.71. The summed E-state index contributed by atoms with van der Waals surface area (Å²) in [4.78, 5) is 0. The van der Waals surface area contributed by atoms with Gasteiger partial charge in [0.25, 0.3) is 0 Å². The average Bonchev–Trinajstić information content (AvgIpc) is 2.94. The average molecular weight is 400 g/mol. The molecule has 0 aromatic heterocycles. The molecule has 1 heterocycles. The highest BCUT2D eigenvalue weighted by molar-refractivity contribution is 7.80. The zero-order valence-corrected chi connectivity index (χ0v) is 15.5. The van der Waals surface area contributed by atoms with Crippen molar-refractivity contribution in [1.29, 1.82) is 0 Å². The van der Waals surface area contributed by atoms with Crippen molar-refractivity contribution in [1.82, 2.24) is 0 Å². The second-order valence-electron chi connectivity index (χ2n) is 6.60. The molecule has 0 saturated carbocycles. The van der Waals surface area contributed by atoms with E-state index in [0.717, 1.165) is 0 Å². The van der Waals surface area contributed by atoms with Crippen LogP contribution < -0.4 is 4.74 Å². The summed E-state index contributed by atoms with van der Waals surface area (Å²) in [6, 6.07) is 2.53. The largest absolute Gasteiger partial charge is 0.493 e. The van der Waals surface area contributed by atoms with Crippen molar-refractivity contribution in [3.05, 3.63) is 29.1 Å². The van der Waals surface area contributed by atoms with Crippen molar-refractivity contribution in [3.8, 4) is 5.75 Å². The van der Waals surface area contributed by atoms with Crippen LogP contribution in [0, 0.1) is 5.82 Å². The Morgan fingerprint density at radius 2 is 1.88 bits per heavy atom. The van der Waals surface area contributed by atoms with Gasteiger partial charge in [0.2, 0.25) is 0 Å². The first-order chi connectivity index (χ1) is 11.5. The summed E-state index contributed by atoms with van der Waals surface area (Å²) in [5, 5.41) is 10.2. The van der Waals surface area contributed by atoms with Gasteiger partial charge in [-0.1, -0.05) is 13.8 Å². The van der Waals surface area contributed by atoms with Crippen LogP contribution in [0.15, 0.2) is 12.1 Å². The van der Waals surface area contributed by atoms with Gasteiger partial charge in [0.1, 0.15) is 11.6 Å². The molecule has 1 N–H and O–H groups in total. The lowest BCUT2D eigenvalue weighted by molar-refractivity contribution is -0.267. The molecule has 1 aromatic rings. The smallest absolute Gasteiger partial charge is 0.417 e. The summed E-state index contributed by atoms with van der Waals surface area (Å²) in [7, 11) is 0. The highest BCUT2D eigenvalue weighted by atomic mass is 32.1. The number of thiol groups is 1. The molecule has 0 radical (unpaired) electrons. The van der Waals surface area contributed by atoms with Gasteiger partial charge >= 0.3 is 6.18 Å². The van der Waals surface area contributed by atoms with Crippen LogP contribution in [0.1, 0.15) is 37.8 Å². The quantitative estimate of drug-likeness (QED) is 0.584. The van der Waals surface area contributed by atoms with E-state index >= 15 is 0 Å². The zero-order chi connectivity index (χ0) is 19.5. The van der Waals surface area contributed by atoms with Crippen LogP contribution in [0.25, 0.3) is 0 Å². The Morgan fingerprint density at radius 1 is 1.28 bits per heavy atom. The fourth-order valence-corrected chi connectivity index (χ4v) is 3.48. The fraction of sp³-hybridized carbons (Fsp3) is 0.625. The Kier molecular flexibility index (Phi) is 7.23. The summed E-state index contributed by atoms with van der Waals surface area (Å²) in [6.07, 6.45) is -5.38. The number of ether oxygens (including phenoxy) is 1. The van der Waals surface area contributed by atoms with Crippen molar-refractivity contribution >= 4 is 25.2 Å². The lowest BCUT2D eigenvalue weighted by Gasteiger charge is -2.38. The first-order valence-electron chi connectivity index (χ1n) is 7.52. The summed E-state index contributed by atoms with van der Waals surface area (Å²) in [5.41, 5.74) is -3.00. The van der Waals surface area contributed by atoms with Crippen LogP contribution >= 0.6 is 12.6 Å². The highest BCUT2D eigenvalue weighted by Crippen LogP contribution is 2.46. The van der Waals surface area contributed by atoms with Gasteiger partial charge in [0.15, 0.2) is 18.1 Å². The van der Waals surface area contributed by atoms with Crippen molar-refractivity contribution in [3.63, 3.8) is 0 Å². The maximum Gasteiger partial charge on any atom is 0.417 e. The molecule has 0 unspecified atom stereocenters. The maximum atomic E-state index is 13.8. The van der Waals surface area contributed by atoms with Gasteiger partial charge in [-0.15, -0.1) is 0 Å². The molecule has 25 heavy (non-hydrogen) atoms. The Morgan fingerprint density at radius 3 is 2.40 bits per heavy atom. The van der Waals surface area contributed by atoms with E-state index < -0.39 is 35.9 Å². The van der Waals surface area contributed by atoms with Gasteiger partial charge in [0.05, 0.1) is 6.61 Å². The molecule has 0 amide bonds. The normalized spacial score (nSPS) is 16.3. The molecule has 3 nitrogen and oxygen atoms in total. The number of fused-ring (bicyclic) bond motifs is 1. The number of benzene rings is 1. The monoisotopic (exact) mass is 400 g/mol. The van der Waals surface area contributed by atoms with E-state index in [-0.39, 0.29) is 5.75 Å². The summed E-state index contributed by atoms with van der Waals surface area (Å²) in [6.45, 7) is 3.49. The van der Waals surface area contributed by atoms with Gasteiger partial charge in [-0.25, -0.2) is 4.39 Å². The predicted molar refractivity (Wildman–Crippen MR) is 90.9 cm³/mol. The molecule has 0 fully saturated rings. The Bertz CT molecular complexity index is 608. The third-order valence-electron chi connectivity index (χ3n) is 4.26. The highest BCUT2D eigenvalue weighted by Gasteiger charge is 2.55. The first kappa shape index (κ1) is 22.1. The SMILES string of the molecule is CC(C)(C[C@](O)(CCS)C(F)(F)F)c1cc(F)cc2c1OCC2.O=S. The topological polar surface area (TPSA) is 46.5 Å². The minimum Gasteiger partial charge on any atom is -0.493 e. The van der Waals surface area contributed by atoms with Gasteiger partial charge in [-0.3, -0.25) is 0 Å². The molecule has 0 spiro atoms. The molecular formula is C16H20F4O3S2. The van der Waals surface area contributed by atoms with E-state index in [4.69, 9.17) is 8.95 Å². The van der Waals surface area contributed by atoms with E-state index in [1.165, 1.54) is 12.1 Å². The standard InChI is InChI=1S/C16H20F4O2S.OS/c1-14(2,9-15(21,4-6-23)16(18,19)20)12-8-11(17)7-10-3-5-22-13(10)12;1-2/h7-8,21,23H,3-6,9H2,1-2H3;/t15-;/m1./s1. The van der Waals surface area contributed by atoms with Crippen LogP contribution in [0.3, 0.4) is 0 Å². The van der Waals surface area contributed by atoms with Crippen LogP contribution in [-0.2, 0) is 24.4 Å². The molecule has 1 atom stereocenters. The molecule has 1 aliphatic heterocycles. The number of alkyl halides is 3. The number of aliphatic hydroxyl groups is 1. The molecule has 1 aromatic carbocycles. The van der Waals surface area contributed by atoms with E-state index in [0.29, 0.717) is 29.9 Å². The first-order valence-corrected chi connectivity index (χ1v) is 8.49. The lowest BCUT2D eigenvalue weighted by atomic mass is 9.73. The molecule has 0 aliphatic carbocycles. The Hall–Kier alpha value is -0.930. The molecule has 2 rings (SSSR count). The third-order valence-corrected chi connectivity index (χ3v) is 4.49.